The number of hydrogen-bond donors (Lipinski definition) is 0. The molecule has 2 aromatic heterocycles. The predicted octanol–water partition coefficient (Wildman–Crippen LogP) is 2.83. The summed E-state index contributed by atoms with van der Waals surface area (Å²) in [5, 5.41) is 2.19. The number of rotatable bonds is 1. The van der Waals surface area contributed by atoms with Crippen LogP contribution in [0.5, 0.6) is 0 Å². The molecule has 0 unspecified atom stereocenters. The zero-order valence-corrected chi connectivity index (χ0v) is 8.35. The molecule has 0 N–H and O–H groups in total. The third-order valence-electron chi connectivity index (χ3n) is 1.95. The molecular formula is C9H12N2S. The largest absolute Gasteiger partial charge is 0.294 e. The first-order valence-corrected chi connectivity index (χ1v) is 4.99. The van der Waals surface area contributed by atoms with Crippen LogP contribution < -0.4 is 0 Å². The molecule has 0 spiro atoms. The van der Waals surface area contributed by atoms with Gasteiger partial charge in [0.25, 0.3) is 0 Å². The van der Waals surface area contributed by atoms with Crippen LogP contribution in [0.1, 0.15) is 31.2 Å². The molecule has 0 amide bonds. The van der Waals surface area contributed by atoms with Crippen molar-refractivity contribution in [2.24, 2.45) is 0 Å². The van der Waals surface area contributed by atoms with Crippen LogP contribution in [-0.4, -0.2) is 9.38 Å². The molecule has 0 saturated heterocycles. The Bertz CT molecular complexity index is 397. The maximum absolute atomic E-state index is 4.40. The number of imidazole rings is 1. The van der Waals surface area contributed by atoms with E-state index in [1.165, 1.54) is 5.69 Å². The summed E-state index contributed by atoms with van der Waals surface area (Å²) in [6, 6.07) is 0. The minimum atomic E-state index is 0.576. The molecule has 0 saturated carbocycles. The highest BCUT2D eigenvalue weighted by molar-refractivity contribution is 7.15. The van der Waals surface area contributed by atoms with Crippen molar-refractivity contribution in [1.29, 1.82) is 0 Å². The van der Waals surface area contributed by atoms with Crippen molar-refractivity contribution in [3.8, 4) is 0 Å². The van der Waals surface area contributed by atoms with Gasteiger partial charge in [-0.3, -0.25) is 4.40 Å². The number of thiazole rings is 1. The van der Waals surface area contributed by atoms with Gasteiger partial charge in [0, 0.05) is 17.3 Å². The first kappa shape index (κ1) is 7.80. The first-order chi connectivity index (χ1) is 5.68. The topological polar surface area (TPSA) is 17.3 Å². The molecule has 0 aliphatic heterocycles. The molecule has 0 aliphatic carbocycles. The molecule has 12 heavy (non-hydrogen) atoms. The van der Waals surface area contributed by atoms with Crippen molar-refractivity contribution < 1.29 is 0 Å². The van der Waals surface area contributed by atoms with Crippen LogP contribution >= 0.6 is 11.3 Å². The molecule has 2 rings (SSSR count). The van der Waals surface area contributed by atoms with Crippen LogP contribution in [0.25, 0.3) is 4.96 Å². The molecule has 2 nitrogen and oxygen atoms in total. The Hall–Kier alpha value is -0.830. The lowest BCUT2D eigenvalue weighted by atomic mass is 10.2. The fraction of sp³-hybridized carbons (Fsp3) is 0.444. The van der Waals surface area contributed by atoms with Crippen molar-refractivity contribution in [3.63, 3.8) is 0 Å². The standard InChI is InChI=1S/C9H12N2S/c1-6(2)8-5-12-9-10-7(3)4-11(8)9/h4-6H,1-3H3. The number of hydrogen-bond acceptors (Lipinski definition) is 2. The Kier molecular flexibility index (Phi) is 1.68. The molecule has 0 aliphatic rings. The van der Waals surface area contributed by atoms with E-state index >= 15 is 0 Å². The van der Waals surface area contributed by atoms with E-state index in [4.69, 9.17) is 0 Å². The van der Waals surface area contributed by atoms with Gasteiger partial charge >= 0.3 is 0 Å². The number of nitrogens with zero attached hydrogens (tertiary/aromatic N) is 2. The average molecular weight is 180 g/mol. The van der Waals surface area contributed by atoms with Gasteiger partial charge in [0.2, 0.25) is 0 Å². The third kappa shape index (κ3) is 1.05. The molecular weight excluding hydrogens is 168 g/mol. The summed E-state index contributed by atoms with van der Waals surface area (Å²) in [5.41, 5.74) is 2.46. The van der Waals surface area contributed by atoms with E-state index in [0.29, 0.717) is 5.92 Å². The maximum Gasteiger partial charge on any atom is 0.194 e. The predicted molar refractivity (Wildman–Crippen MR) is 51.9 cm³/mol. The smallest absolute Gasteiger partial charge is 0.194 e. The fourth-order valence-corrected chi connectivity index (χ4v) is 2.41. The highest BCUT2D eigenvalue weighted by Gasteiger charge is 2.08. The highest BCUT2D eigenvalue weighted by atomic mass is 32.1. The van der Waals surface area contributed by atoms with E-state index in [1.54, 1.807) is 11.3 Å². The van der Waals surface area contributed by atoms with Crippen LogP contribution in [0.2, 0.25) is 0 Å². The third-order valence-corrected chi connectivity index (χ3v) is 2.81. The number of aromatic nitrogens is 2. The average Bonchev–Trinajstić information content (AvgIpc) is 2.43. The van der Waals surface area contributed by atoms with Crippen molar-refractivity contribution in [1.82, 2.24) is 9.38 Å². The SMILES string of the molecule is Cc1cn2c(C(C)C)csc2n1. The van der Waals surface area contributed by atoms with Crippen LogP contribution in [0.15, 0.2) is 11.6 Å². The van der Waals surface area contributed by atoms with Crippen molar-refractivity contribution in [2.75, 3.05) is 0 Å². The molecule has 0 atom stereocenters. The molecule has 0 radical (unpaired) electrons. The Labute approximate surface area is 75.9 Å². The summed E-state index contributed by atoms with van der Waals surface area (Å²) in [4.78, 5) is 5.51. The van der Waals surface area contributed by atoms with Gasteiger partial charge in [0.05, 0.1) is 5.69 Å². The Balaban J connectivity index is 2.68. The minimum Gasteiger partial charge on any atom is -0.294 e. The monoisotopic (exact) mass is 180 g/mol. The first-order valence-electron chi connectivity index (χ1n) is 4.11. The lowest BCUT2D eigenvalue weighted by Crippen LogP contribution is -1.91. The van der Waals surface area contributed by atoms with Gasteiger partial charge in [-0.25, -0.2) is 4.98 Å². The summed E-state index contributed by atoms with van der Waals surface area (Å²) in [6.07, 6.45) is 2.10. The minimum absolute atomic E-state index is 0.576. The van der Waals surface area contributed by atoms with Crippen LogP contribution in [-0.2, 0) is 0 Å². The van der Waals surface area contributed by atoms with Gasteiger partial charge in [-0.05, 0) is 12.8 Å². The molecule has 3 heteroatoms. The van der Waals surface area contributed by atoms with Crippen LogP contribution in [0.3, 0.4) is 0 Å². The van der Waals surface area contributed by atoms with E-state index < -0.39 is 0 Å². The molecule has 2 aromatic rings. The molecule has 0 aromatic carbocycles. The summed E-state index contributed by atoms with van der Waals surface area (Å²) in [7, 11) is 0. The maximum atomic E-state index is 4.40. The van der Waals surface area contributed by atoms with Gasteiger partial charge in [0.15, 0.2) is 4.96 Å². The van der Waals surface area contributed by atoms with Crippen molar-refractivity contribution in [3.05, 3.63) is 23.0 Å². The quantitative estimate of drug-likeness (QED) is 0.659. The summed E-state index contributed by atoms with van der Waals surface area (Å²) < 4.78 is 2.19. The molecule has 0 fully saturated rings. The van der Waals surface area contributed by atoms with E-state index in [-0.39, 0.29) is 0 Å². The van der Waals surface area contributed by atoms with Crippen LogP contribution in [0.4, 0.5) is 0 Å². The molecule has 0 bridgehead atoms. The van der Waals surface area contributed by atoms with Gasteiger partial charge in [-0.1, -0.05) is 13.8 Å². The van der Waals surface area contributed by atoms with Crippen molar-refractivity contribution in [2.45, 2.75) is 26.7 Å². The Morgan fingerprint density at radius 1 is 1.50 bits per heavy atom. The lowest BCUT2D eigenvalue weighted by Gasteiger charge is -2.00. The van der Waals surface area contributed by atoms with E-state index in [0.717, 1.165) is 10.7 Å². The normalized spacial score (nSPS) is 11.7. The van der Waals surface area contributed by atoms with Crippen LogP contribution in [0, 0.1) is 6.92 Å². The second kappa shape index (κ2) is 2.59. The number of fused-ring (bicyclic) bond motifs is 1. The molecule has 2 heterocycles. The second-order valence-corrected chi connectivity index (χ2v) is 4.19. The highest BCUT2D eigenvalue weighted by Crippen LogP contribution is 2.22. The zero-order chi connectivity index (χ0) is 8.72. The van der Waals surface area contributed by atoms with E-state index in [1.807, 2.05) is 6.92 Å². The van der Waals surface area contributed by atoms with Gasteiger partial charge in [-0.15, -0.1) is 11.3 Å². The second-order valence-electron chi connectivity index (χ2n) is 3.35. The van der Waals surface area contributed by atoms with E-state index in [2.05, 4.69) is 34.8 Å². The zero-order valence-electron chi connectivity index (χ0n) is 7.53. The van der Waals surface area contributed by atoms with E-state index in [9.17, 15) is 0 Å². The summed E-state index contributed by atoms with van der Waals surface area (Å²) in [6.45, 7) is 6.44. The number of aryl methyl sites for hydroxylation is 1. The van der Waals surface area contributed by atoms with Crippen molar-refractivity contribution >= 4 is 16.3 Å². The van der Waals surface area contributed by atoms with Gasteiger partial charge < -0.3 is 0 Å². The Morgan fingerprint density at radius 2 is 2.25 bits per heavy atom. The summed E-state index contributed by atoms with van der Waals surface area (Å²) in [5.74, 6) is 0.576. The fourth-order valence-electron chi connectivity index (χ4n) is 1.33. The van der Waals surface area contributed by atoms with Gasteiger partial charge in [-0.2, -0.15) is 0 Å². The summed E-state index contributed by atoms with van der Waals surface area (Å²) >= 11 is 1.71. The lowest BCUT2D eigenvalue weighted by molar-refractivity contribution is 0.811. The van der Waals surface area contributed by atoms with Gasteiger partial charge in [0.1, 0.15) is 0 Å². The molecule has 64 valence electrons. The Morgan fingerprint density at radius 3 is 2.92 bits per heavy atom.